The lowest BCUT2D eigenvalue weighted by Gasteiger charge is -2.32. The molecule has 1 aliphatic rings. The molecule has 1 fully saturated rings. The summed E-state index contributed by atoms with van der Waals surface area (Å²) < 4.78 is 3.22. The second-order valence-electron chi connectivity index (χ2n) is 7.39. The van der Waals surface area contributed by atoms with Crippen molar-refractivity contribution in [1.29, 1.82) is 0 Å². The van der Waals surface area contributed by atoms with Gasteiger partial charge in [0.2, 0.25) is 0 Å². The Morgan fingerprint density at radius 2 is 2.10 bits per heavy atom. The lowest BCUT2D eigenvalue weighted by atomic mass is 9.79. The van der Waals surface area contributed by atoms with Gasteiger partial charge < -0.3 is 5.32 Å². The Hall–Kier alpha value is -0.643. The summed E-state index contributed by atoms with van der Waals surface area (Å²) in [5.74, 6) is 1.54. The quantitative estimate of drug-likeness (QED) is 0.819. The Kier molecular flexibility index (Phi) is 4.26. The van der Waals surface area contributed by atoms with E-state index in [1.165, 1.54) is 31.3 Å². The van der Waals surface area contributed by atoms with Crippen molar-refractivity contribution in [3.8, 4) is 0 Å². The van der Waals surface area contributed by atoms with Crippen molar-refractivity contribution in [3.05, 3.63) is 29.8 Å². The number of piperidine rings is 1. The lowest BCUT2D eigenvalue weighted by Crippen LogP contribution is -2.35. The van der Waals surface area contributed by atoms with Crippen molar-refractivity contribution in [2.24, 2.45) is 5.92 Å². The summed E-state index contributed by atoms with van der Waals surface area (Å²) in [7, 11) is -1.21. The average Bonchev–Trinajstić information content (AvgIpc) is 2.91. The molecule has 1 N–H and O–H groups in total. The monoisotopic (exact) mass is 317 g/mol. The fourth-order valence-corrected chi connectivity index (χ4v) is 6.62. The third kappa shape index (κ3) is 2.96. The van der Waals surface area contributed by atoms with E-state index < -0.39 is 8.07 Å². The third-order valence-electron chi connectivity index (χ3n) is 4.85. The molecule has 2 atom stereocenters. The first-order valence-corrected chi connectivity index (χ1v) is 12.6. The molecule has 0 radical (unpaired) electrons. The van der Waals surface area contributed by atoms with Crippen LogP contribution in [0.15, 0.2) is 24.3 Å². The summed E-state index contributed by atoms with van der Waals surface area (Å²) >= 11 is 2.08. The summed E-state index contributed by atoms with van der Waals surface area (Å²) in [6.45, 7) is 12.1. The van der Waals surface area contributed by atoms with Gasteiger partial charge in [-0.05, 0) is 52.9 Å². The van der Waals surface area contributed by atoms with Crippen LogP contribution in [0, 0.1) is 5.92 Å². The normalized spacial score (nSPS) is 23.6. The van der Waals surface area contributed by atoms with Crippen molar-refractivity contribution in [2.75, 3.05) is 13.1 Å². The topological polar surface area (TPSA) is 12.0 Å². The number of hydrogen-bond acceptors (Lipinski definition) is 2. The van der Waals surface area contributed by atoms with Gasteiger partial charge in [-0.3, -0.25) is 0 Å². The van der Waals surface area contributed by atoms with Gasteiger partial charge in [0.15, 0.2) is 0 Å². The zero-order valence-electron chi connectivity index (χ0n) is 13.7. The van der Waals surface area contributed by atoms with E-state index >= 15 is 0 Å². The smallest absolute Gasteiger partial charge is 0.0904 e. The minimum atomic E-state index is -1.21. The highest BCUT2D eigenvalue weighted by molar-refractivity contribution is 7.31. The summed E-state index contributed by atoms with van der Waals surface area (Å²) in [6.07, 6.45) is 2.57. The van der Waals surface area contributed by atoms with Crippen molar-refractivity contribution < 1.29 is 0 Å². The molecule has 0 amide bonds. The SMILES string of the molecule is CC[C@@H]1CNCC[C@@H]1c1cccc2cc([Si](C)(C)C)sc12. The van der Waals surface area contributed by atoms with Crippen LogP contribution in [-0.4, -0.2) is 21.2 Å². The van der Waals surface area contributed by atoms with Crippen molar-refractivity contribution in [2.45, 2.75) is 45.3 Å². The van der Waals surface area contributed by atoms with Crippen LogP contribution in [0.5, 0.6) is 0 Å². The number of benzene rings is 1. The zero-order chi connectivity index (χ0) is 15.0. The molecular formula is C18H27NSSi. The minimum Gasteiger partial charge on any atom is -0.316 e. The molecule has 3 heteroatoms. The summed E-state index contributed by atoms with van der Waals surface area (Å²) in [4.78, 5) is 0. The molecule has 1 saturated heterocycles. The number of thiophene rings is 1. The molecule has 1 aliphatic heterocycles. The largest absolute Gasteiger partial charge is 0.316 e. The molecule has 0 saturated carbocycles. The van der Waals surface area contributed by atoms with E-state index in [4.69, 9.17) is 0 Å². The van der Waals surface area contributed by atoms with Gasteiger partial charge in [-0.15, -0.1) is 11.3 Å². The van der Waals surface area contributed by atoms with Gasteiger partial charge in [-0.2, -0.15) is 0 Å². The van der Waals surface area contributed by atoms with Crippen molar-refractivity contribution in [1.82, 2.24) is 5.32 Å². The Labute approximate surface area is 133 Å². The molecule has 114 valence electrons. The van der Waals surface area contributed by atoms with E-state index in [1.54, 1.807) is 14.8 Å². The van der Waals surface area contributed by atoms with Crippen LogP contribution < -0.4 is 9.82 Å². The van der Waals surface area contributed by atoms with Crippen LogP contribution in [0.2, 0.25) is 19.6 Å². The molecular weight excluding hydrogens is 290 g/mol. The summed E-state index contributed by atoms with van der Waals surface area (Å²) in [6, 6.07) is 9.44. The standard InChI is InChI=1S/C18H27NSSi/c1-5-13-12-19-10-9-15(13)16-8-6-7-14-11-17(20-18(14)16)21(2,3)4/h6-8,11,13,15,19H,5,9-10,12H2,1-4H3/t13-,15+/m1/s1. The van der Waals surface area contributed by atoms with Gasteiger partial charge in [-0.1, -0.05) is 51.2 Å². The van der Waals surface area contributed by atoms with Gasteiger partial charge in [0.25, 0.3) is 0 Å². The molecule has 1 nitrogen and oxygen atoms in total. The van der Waals surface area contributed by atoms with E-state index in [1.807, 2.05) is 0 Å². The second kappa shape index (κ2) is 5.86. The molecule has 21 heavy (non-hydrogen) atoms. The van der Waals surface area contributed by atoms with Crippen LogP contribution in [0.1, 0.15) is 31.2 Å². The second-order valence-corrected chi connectivity index (χ2v) is 13.8. The average molecular weight is 318 g/mol. The molecule has 0 bridgehead atoms. The highest BCUT2D eigenvalue weighted by atomic mass is 32.1. The fraction of sp³-hybridized carbons (Fsp3) is 0.556. The van der Waals surface area contributed by atoms with Gasteiger partial charge in [-0.25, -0.2) is 0 Å². The first kappa shape index (κ1) is 15.3. The van der Waals surface area contributed by atoms with Gasteiger partial charge in [0.05, 0.1) is 8.07 Å². The Bertz CT molecular complexity index is 626. The van der Waals surface area contributed by atoms with E-state index in [2.05, 4.69) is 67.5 Å². The molecule has 3 rings (SSSR count). The van der Waals surface area contributed by atoms with Crippen LogP contribution in [0.4, 0.5) is 0 Å². The van der Waals surface area contributed by atoms with Gasteiger partial charge in [0, 0.05) is 4.70 Å². The number of fused-ring (bicyclic) bond motifs is 1. The highest BCUT2D eigenvalue weighted by Crippen LogP contribution is 2.38. The molecule has 2 aromatic rings. The summed E-state index contributed by atoms with van der Waals surface area (Å²) in [5, 5.41) is 5.05. The minimum absolute atomic E-state index is 0.744. The molecule has 2 heterocycles. The Morgan fingerprint density at radius 3 is 2.81 bits per heavy atom. The van der Waals surface area contributed by atoms with Crippen molar-refractivity contribution in [3.63, 3.8) is 0 Å². The third-order valence-corrected chi connectivity index (χ3v) is 9.62. The zero-order valence-corrected chi connectivity index (χ0v) is 15.5. The first-order chi connectivity index (χ1) is 10.0. The lowest BCUT2D eigenvalue weighted by molar-refractivity contribution is 0.319. The fourth-order valence-electron chi connectivity index (χ4n) is 3.51. The maximum absolute atomic E-state index is 3.57. The first-order valence-electron chi connectivity index (χ1n) is 8.24. The van der Waals surface area contributed by atoms with E-state index in [-0.39, 0.29) is 0 Å². The van der Waals surface area contributed by atoms with Gasteiger partial charge >= 0.3 is 0 Å². The molecule has 1 aromatic heterocycles. The van der Waals surface area contributed by atoms with Crippen LogP contribution in [-0.2, 0) is 0 Å². The van der Waals surface area contributed by atoms with E-state index in [0.29, 0.717) is 0 Å². The van der Waals surface area contributed by atoms with Crippen molar-refractivity contribution >= 4 is 34.0 Å². The Balaban J connectivity index is 2.07. The van der Waals surface area contributed by atoms with Crippen LogP contribution >= 0.6 is 11.3 Å². The maximum atomic E-state index is 3.57. The number of nitrogens with one attached hydrogen (secondary N) is 1. The number of rotatable bonds is 3. The summed E-state index contributed by atoms with van der Waals surface area (Å²) in [5.41, 5.74) is 1.62. The maximum Gasteiger partial charge on any atom is 0.0904 e. The number of hydrogen-bond donors (Lipinski definition) is 1. The molecule has 0 spiro atoms. The Morgan fingerprint density at radius 1 is 1.29 bits per heavy atom. The predicted octanol–water partition coefficient (Wildman–Crippen LogP) is 4.55. The molecule has 0 aliphatic carbocycles. The van der Waals surface area contributed by atoms with Crippen LogP contribution in [0.25, 0.3) is 10.1 Å². The van der Waals surface area contributed by atoms with E-state index in [0.717, 1.165) is 11.8 Å². The predicted molar refractivity (Wildman–Crippen MR) is 98.8 cm³/mol. The van der Waals surface area contributed by atoms with Crippen LogP contribution in [0.3, 0.4) is 0 Å². The van der Waals surface area contributed by atoms with Gasteiger partial charge in [0.1, 0.15) is 0 Å². The molecule has 0 unspecified atom stereocenters. The van der Waals surface area contributed by atoms with E-state index in [9.17, 15) is 0 Å². The molecule has 1 aromatic carbocycles. The highest BCUT2D eigenvalue weighted by Gasteiger charge is 2.27.